The first-order valence-electron chi connectivity index (χ1n) is 7.82. The Morgan fingerprint density at radius 1 is 1.24 bits per heavy atom. The topological polar surface area (TPSA) is 55.6 Å². The van der Waals surface area contributed by atoms with Crippen molar-refractivity contribution >= 4 is 34.8 Å². The third-order valence-electron chi connectivity index (χ3n) is 4.14. The molecule has 2 aromatic rings. The van der Waals surface area contributed by atoms with Crippen molar-refractivity contribution in [1.82, 2.24) is 4.90 Å². The Hall–Kier alpha value is -1.82. The molecule has 1 unspecified atom stereocenters. The van der Waals surface area contributed by atoms with Gasteiger partial charge in [0.05, 0.1) is 24.6 Å². The number of rotatable bonds is 3. The number of benzene rings is 2. The lowest BCUT2D eigenvalue weighted by atomic mass is 10.1. The molecule has 1 aliphatic rings. The summed E-state index contributed by atoms with van der Waals surface area (Å²) in [6.07, 6.45) is -0.209. The van der Waals surface area contributed by atoms with E-state index in [1.54, 1.807) is 17.0 Å². The van der Waals surface area contributed by atoms with E-state index in [-0.39, 0.29) is 17.4 Å². The highest BCUT2D eigenvalue weighted by atomic mass is 35.5. The molecule has 7 heteroatoms. The molecule has 3 rings (SSSR count). The number of anilines is 1. The van der Waals surface area contributed by atoms with Crippen LogP contribution in [0.1, 0.15) is 17.2 Å². The Morgan fingerprint density at radius 3 is 2.68 bits per heavy atom. The second-order valence-corrected chi connectivity index (χ2v) is 6.72. The number of ether oxygens (including phenoxy) is 1. The Morgan fingerprint density at radius 2 is 1.96 bits per heavy atom. The predicted molar refractivity (Wildman–Crippen MR) is 96.3 cm³/mol. The van der Waals surface area contributed by atoms with Crippen LogP contribution in [0.4, 0.5) is 10.1 Å². The van der Waals surface area contributed by atoms with Crippen LogP contribution in [0.25, 0.3) is 0 Å². The van der Waals surface area contributed by atoms with Gasteiger partial charge < -0.3 is 15.4 Å². The summed E-state index contributed by atoms with van der Waals surface area (Å²) in [7, 11) is 0. The molecule has 0 saturated carbocycles. The van der Waals surface area contributed by atoms with Gasteiger partial charge in [0.2, 0.25) is 5.91 Å². The third-order valence-corrected chi connectivity index (χ3v) is 4.76. The maximum Gasteiger partial charge on any atom is 0.227 e. The number of hydrogen-bond acceptors (Lipinski definition) is 3. The number of nitrogen functional groups attached to an aromatic ring is 1. The second-order valence-electron chi connectivity index (χ2n) is 5.91. The number of hydrogen-bond donors (Lipinski definition) is 1. The summed E-state index contributed by atoms with van der Waals surface area (Å²) < 4.78 is 19.4. The zero-order chi connectivity index (χ0) is 18.0. The van der Waals surface area contributed by atoms with Gasteiger partial charge in [-0.25, -0.2) is 4.39 Å². The van der Waals surface area contributed by atoms with Gasteiger partial charge in [0.15, 0.2) is 0 Å². The summed E-state index contributed by atoms with van der Waals surface area (Å²) in [5.41, 5.74) is 7.69. The van der Waals surface area contributed by atoms with Crippen LogP contribution in [0.5, 0.6) is 0 Å². The Kier molecular flexibility index (Phi) is 5.47. The van der Waals surface area contributed by atoms with Crippen LogP contribution in [-0.2, 0) is 16.0 Å². The van der Waals surface area contributed by atoms with Gasteiger partial charge in [0.25, 0.3) is 0 Å². The van der Waals surface area contributed by atoms with E-state index in [1.165, 1.54) is 12.1 Å². The van der Waals surface area contributed by atoms with Gasteiger partial charge in [-0.05, 0) is 29.8 Å². The van der Waals surface area contributed by atoms with Gasteiger partial charge >= 0.3 is 0 Å². The lowest BCUT2D eigenvalue weighted by molar-refractivity contribution is -0.138. The van der Waals surface area contributed by atoms with Crippen molar-refractivity contribution in [2.45, 2.75) is 12.5 Å². The summed E-state index contributed by atoms with van der Waals surface area (Å²) in [5.74, 6) is -0.585. The fraction of sp³-hybridized carbons (Fsp3) is 0.278. The highest BCUT2D eigenvalue weighted by Gasteiger charge is 2.27. The minimum Gasteiger partial charge on any atom is -0.399 e. The third kappa shape index (κ3) is 4.24. The van der Waals surface area contributed by atoms with Crippen LogP contribution in [0.15, 0.2) is 36.4 Å². The van der Waals surface area contributed by atoms with Crippen LogP contribution < -0.4 is 5.73 Å². The molecular formula is C18H17Cl2FN2O2. The first-order valence-corrected chi connectivity index (χ1v) is 8.58. The first-order chi connectivity index (χ1) is 11.9. The van der Waals surface area contributed by atoms with Gasteiger partial charge in [-0.15, -0.1) is 0 Å². The van der Waals surface area contributed by atoms with Gasteiger partial charge in [0, 0.05) is 22.8 Å². The number of carbonyl (C=O) groups is 1. The summed E-state index contributed by atoms with van der Waals surface area (Å²) in [6, 6.07) is 9.81. The molecule has 0 aromatic heterocycles. The van der Waals surface area contributed by atoms with E-state index in [4.69, 9.17) is 33.7 Å². The average molecular weight is 383 g/mol. The van der Waals surface area contributed by atoms with E-state index in [0.29, 0.717) is 36.0 Å². The van der Waals surface area contributed by atoms with Crippen molar-refractivity contribution in [3.63, 3.8) is 0 Å². The highest BCUT2D eigenvalue weighted by Crippen LogP contribution is 2.32. The van der Waals surface area contributed by atoms with Gasteiger partial charge in [0.1, 0.15) is 11.9 Å². The van der Waals surface area contributed by atoms with Gasteiger partial charge in [-0.2, -0.15) is 0 Å². The molecular weight excluding hydrogens is 366 g/mol. The zero-order valence-electron chi connectivity index (χ0n) is 13.3. The normalized spacial score (nSPS) is 17.6. The van der Waals surface area contributed by atoms with Crippen LogP contribution in [0.3, 0.4) is 0 Å². The summed E-state index contributed by atoms with van der Waals surface area (Å²) in [6.45, 7) is 1.16. The van der Waals surface area contributed by atoms with Crippen LogP contribution in [0.2, 0.25) is 10.0 Å². The molecule has 0 aliphatic carbocycles. The zero-order valence-corrected chi connectivity index (χ0v) is 14.9. The maximum atomic E-state index is 13.8. The molecule has 2 N–H and O–H groups in total. The van der Waals surface area contributed by atoms with E-state index in [1.807, 2.05) is 12.1 Å². The molecule has 0 bridgehead atoms. The van der Waals surface area contributed by atoms with E-state index < -0.39 is 11.9 Å². The molecule has 132 valence electrons. The molecule has 2 aromatic carbocycles. The average Bonchev–Trinajstić information content (AvgIpc) is 2.60. The molecule has 1 saturated heterocycles. The molecule has 25 heavy (non-hydrogen) atoms. The molecule has 1 atom stereocenters. The number of nitrogens with two attached hydrogens (primary N) is 1. The molecule has 1 amide bonds. The summed E-state index contributed by atoms with van der Waals surface area (Å²) >= 11 is 11.9. The Labute approximate surface area is 155 Å². The first kappa shape index (κ1) is 18.0. The number of carbonyl (C=O) groups excluding carboxylic acids is 1. The molecule has 1 heterocycles. The molecule has 1 fully saturated rings. The number of halogens is 3. The lowest BCUT2D eigenvalue weighted by Gasteiger charge is -2.33. The lowest BCUT2D eigenvalue weighted by Crippen LogP contribution is -2.43. The van der Waals surface area contributed by atoms with Crippen molar-refractivity contribution < 1.29 is 13.9 Å². The Balaban J connectivity index is 1.71. The predicted octanol–water partition coefficient (Wildman–Crippen LogP) is 3.86. The Bertz CT molecular complexity index is 783. The molecule has 0 spiro atoms. The quantitative estimate of drug-likeness (QED) is 0.647. The van der Waals surface area contributed by atoms with E-state index >= 15 is 0 Å². The van der Waals surface area contributed by atoms with E-state index in [9.17, 15) is 9.18 Å². The molecule has 1 aliphatic heterocycles. The van der Waals surface area contributed by atoms with E-state index in [0.717, 1.165) is 5.56 Å². The van der Waals surface area contributed by atoms with Crippen molar-refractivity contribution in [3.05, 3.63) is 63.4 Å². The second kappa shape index (κ2) is 7.60. The number of morpholine rings is 1. The highest BCUT2D eigenvalue weighted by molar-refractivity contribution is 6.35. The van der Waals surface area contributed by atoms with Crippen molar-refractivity contribution in [2.75, 3.05) is 25.4 Å². The van der Waals surface area contributed by atoms with Crippen molar-refractivity contribution in [1.29, 1.82) is 0 Å². The summed E-state index contributed by atoms with van der Waals surface area (Å²) in [4.78, 5) is 14.2. The van der Waals surface area contributed by atoms with Crippen molar-refractivity contribution in [2.24, 2.45) is 0 Å². The fourth-order valence-electron chi connectivity index (χ4n) is 2.77. The minimum absolute atomic E-state index is 0.0244. The maximum absolute atomic E-state index is 13.8. The van der Waals surface area contributed by atoms with Crippen LogP contribution in [-0.4, -0.2) is 30.5 Å². The van der Waals surface area contributed by atoms with Crippen LogP contribution >= 0.6 is 23.2 Å². The largest absolute Gasteiger partial charge is 0.399 e. The van der Waals surface area contributed by atoms with Crippen molar-refractivity contribution in [3.8, 4) is 0 Å². The molecule has 4 nitrogen and oxygen atoms in total. The fourth-order valence-corrected chi connectivity index (χ4v) is 3.28. The standard InChI is InChI=1S/C18H17Cl2FN2O2/c19-14-9-15(20)16(21)8-13(14)17-10-23(5-6-25-17)18(24)7-11-1-3-12(22)4-2-11/h1-4,8-9,17H,5-7,10,22H2. The number of amides is 1. The number of nitrogens with zero attached hydrogens (tertiary/aromatic N) is 1. The van der Waals surface area contributed by atoms with Gasteiger partial charge in [-0.3, -0.25) is 4.79 Å². The molecule has 0 radical (unpaired) electrons. The van der Waals surface area contributed by atoms with Gasteiger partial charge in [-0.1, -0.05) is 35.3 Å². The van der Waals surface area contributed by atoms with Crippen LogP contribution in [0, 0.1) is 5.82 Å². The minimum atomic E-state index is -0.560. The SMILES string of the molecule is Nc1ccc(CC(=O)N2CCOC(c3cc(F)c(Cl)cc3Cl)C2)cc1. The monoisotopic (exact) mass is 382 g/mol. The van der Waals surface area contributed by atoms with E-state index in [2.05, 4.69) is 0 Å². The smallest absolute Gasteiger partial charge is 0.227 e. The summed E-state index contributed by atoms with van der Waals surface area (Å²) in [5, 5.41) is 0.282.